The van der Waals surface area contributed by atoms with Crippen molar-refractivity contribution < 1.29 is 4.74 Å². The van der Waals surface area contributed by atoms with E-state index in [9.17, 15) is 24.0 Å². The second kappa shape index (κ2) is 15.0. The Labute approximate surface area is 285 Å². The lowest BCUT2D eigenvalue weighted by Gasteiger charge is -2.11. The van der Waals surface area contributed by atoms with Crippen molar-refractivity contribution in [3.63, 3.8) is 0 Å². The maximum Gasteiger partial charge on any atom is 0.349 e. The molecule has 4 aromatic heterocycles. The van der Waals surface area contributed by atoms with Crippen molar-refractivity contribution in [3.8, 4) is 0 Å². The van der Waals surface area contributed by atoms with Gasteiger partial charge in [0.2, 0.25) is 0 Å². The summed E-state index contributed by atoms with van der Waals surface area (Å²) in [6.07, 6.45) is 3.89. The van der Waals surface area contributed by atoms with E-state index in [2.05, 4.69) is 30.7 Å². The first-order chi connectivity index (χ1) is 23.8. The topological polar surface area (TPSA) is 164 Å². The van der Waals surface area contributed by atoms with Crippen LogP contribution in [0.2, 0.25) is 0 Å². The SMILES string of the molecule is O=c1[nH]c(=O)n(CCn2ccc3ccccc32)[nH]c1=O.O=c1c(Br)nn(CCn2ccc3ccccc32)c(=O)n1COCc1ccccc1. The van der Waals surface area contributed by atoms with Gasteiger partial charge in [-0.05, 0) is 56.5 Å². The number of halogens is 1. The highest BCUT2D eigenvalue weighted by atomic mass is 79.9. The lowest BCUT2D eigenvalue weighted by molar-refractivity contribution is 0.0567. The molecule has 7 aromatic rings. The molecule has 0 unspecified atom stereocenters. The van der Waals surface area contributed by atoms with Gasteiger partial charge in [-0.1, -0.05) is 66.7 Å². The zero-order chi connectivity index (χ0) is 34.3. The van der Waals surface area contributed by atoms with Gasteiger partial charge in [-0.15, -0.1) is 0 Å². The fraction of sp³-hybridized carbons (Fsp3) is 0.176. The van der Waals surface area contributed by atoms with Crippen LogP contribution in [0.4, 0.5) is 0 Å². The van der Waals surface area contributed by atoms with Crippen LogP contribution in [0.1, 0.15) is 5.56 Å². The Hall–Kier alpha value is -5.80. The Morgan fingerprint density at radius 3 is 1.92 bits per heavy atom. The number of nitrogens with zero attached hydrogens (tertiary/aromatic N) is 6. The first-order valence-electron chi connectivity index (χ1n) is 15.3. The van der Waals surface area contributed by atoms with E-state index in [-0.39, 0.29) is 17.9 Å². The van der Waals surface area contributed by atoms with Crippen molar-refractivity contribution in [1.82, 2.24) is 38.2 Å². The minimum absolute atomic E-state index is 0.0813. The summed E-state index contributed by atoms with van der Waals surface area (Å²) in [4.78, 5) is 60.8. The summed E-state index contributed by atoms with van der Waals surface area (Å²) in [5.74, 6) is 0. The molecule has 0 amide bonds. The number of aromatic nitrogens is 8. The molecular formula is C34H31BrN8O6. The predicted octanol–water partition coefficient (Wildman–Crippen LogP) is 2.88. The number of fused-ring (bicyclic) bond motifs is 2. The highest BCUT2D eigenvalue weighted by molar-refractivity contribution is 9.10. The molecule has 0 fully saturated rings. The summed E-state index contributed by atoms with van der Waals surface area (Å²) < 4.78 is 13.1. The summed E-state index contributed by atoms with van der Waals surface area (Å²) in [5.41, 5.74) is -0.293. The van der Waals surface area contributed by atoms with Crippen LogP contribution >= 0.6 is 15.9 Å². The molecule has 2 N–H and O–H groups in total. The molecule has 0 aliphatic carbocycles. The number of nitrogens with one attached hydrogen (secondary N) is 2. The molecular weight excluding hydrogens is 696 g/mol. The van der Waals surface area contributed by atoms with Crippen molar-refractivity contribution in [2.24, 2.45) is 0 Å². The smallest absolute Gasteiger partial charge is 0.349 e. The van der Waals surface area contributed by atoms with Crippen LogP contribution in [-0.4, -0.2) is 38.2 Å². The van der Waals surface area contributed by atoms with E-state index in [1.54, 1.807) is 0 Å². The lowest BCUT2D eigenvalue weighted by atomic mass is 10.2. The largest absolute Gasteiger partial charge is 0.356 e. The summed E-state index contributed by atoms with van der Waals surface area (Å²) in [6.45, 7) is 1.83. The maximum absolute atomic E-state index is 12.8. The van der Waals surface area contributed by atoms with Crippen molar-refractivity contribution in [2.45, 2.75) is 39.5 Å². The molecule has 3 aromatic carbocycles. The van der Waals surface area contributed by atoms with Crippen LogP contribution in [0.25, 0.3) is 21.8 Å². The highest BCUT2D eigenvalue weighted by Gasteiger charge is 2.12. The third-order valence-corrected chi connectivity index (χ3v) is 8.30. The molecule has 4 heterocycles. The normalized spacial score (nSPS) is 11.1. The maximum atomic E-state index is 12.8. The molecule has 0 aliphatic heterocycles. The van der Waals surface area contributed by atoms with Crippen LogP contribution in [0.5, 0.6) is 0 Å². The van der Waals surface area contributed by atoms with Gasteiger partial charge in [-0.2, -0.15) is 5.10 Å². The third-order valence-electron chi connectivity index (χ3n) is 7.80. The predicted molar refractivity (Wildman–Crippen MR) is 188 cm³/mol. The summed E-state index contributed by atoms with van der Waals surface area (Å²) in [5, 5.41) is 8.58. The van der Waals surface area contributed by atoms with Crippen LogP contribution in [-0.2, 0) is 44.3 Å². The summed E-state index contributed by atoms with van der Waals surface area (Å²) >= 11 is 3.16. The Morgan fingerprint density at radius 2 is 1.27 bits per heavy atom. The molecule has 7 rings (SSSR count). The van der Waals surface area contributed by atoms with Gasteiger partial charge < -0.3 is 13.9 Å². The van der Waals surface area contributed by atoms with E-state index in [0.29, 0.717) is 26.2 Å². The number of aryl methyl sites for hydroxylation is 4. The molecule has 0 saturated heterocycles. The molecule has 250 valence electrons. The van der Waals surface area contributed by atoms with Crippen LogP contribution in [0, 0.1) is 0 Å². The molecule has 15 heteroatoms. The van der Waals surface area contributed by atoms with Crippen LogP contribution in [0.15, 0.2) is 132 Å². The van der Waals surface area contributed by atoms with Gasteiger partial charge in [0.05, 0.1) is 19.7 Å². The summed E-state index contributed by atoms with van der Waals surface area (Å²) in [6, 6.07) is 29.5. The second-order valence-electron chi connectivity index (χ2n) is 11.0. The van der Waals surface area contributed by atoms with E-state index >= 15 is 0 Å². The number of H-pyrrole nitrogens is 2. The molecule has 49 heavy (non-hydrogen) atoms. The number of para-hydroxylation sites is 2. The first kappa shape index (κ1) is 33.1. The lowest BCUT2D eigenvalue weighted by Crippen LogP contribution is -2.43. The van der Waals surface area contributed by atoms with E-state index in [0.717, 1.165) is 36.6 Å². The minimum atomic E-state index is -0.933. The quantitative estimate of drug-likeness (QED) is 0.205. The molecule has 14 nitrogen and oxygen atoms in total. The number of benzene rings is 3. The average Bonchev–Trinajstić information content (AvgIpc) is 3.73. The summed E-state index contributed by atoms with van der Waals surface area (Å²) in [7, 11) is 0. The molecule has 0 bridgehead atoms. The first-order valence-corrected chi connectivity index (χ1v) is 16.1. The van der Waals surface area contributed by atoms with Crippen molar-refractivity contribution in [1.29, 1.82) is 0 Å². The molecule has 0 saturated carbocycles. The van der Waals surface area contributed by atoms with Crippen LogP contribution in [0.3, 0.4) is 0 Å². The zero-order valence-electron chi connectivity index (χ0n) is 26.1. The fourth-order valence-electron chi connectivity index (χ4n) is 5.30. The Morgan fingerprint density at radius 1 is 0.673 bits per heavy atom. The third kappa shape index (κ3) is 7.69. The Bertz CT molecular complexity index is 2520. The Balaban J connectivity index is 0.000000182. The minimum Gasteiger partial charge on any atom is -0.356 e. The zero-order valence-corrected chi connectivity index (χ0v) is 27.7. The van der Waals surface area contributed by atoms with Gasteiger partial charge in [-0.3, -0.25) is 24.5 Å². The van der Waals surface area contributed by atoms with Crippen LogP contribution < -0.4 is 28.1 Å². The van der Waals surface area contributed by atoms with Crippen molar-refractivity contribution in [3.05, 3.63) is 166 Å². The number of rotatable bonds is 10. The fourth-order valence-corrected chi connectivity index (χ4v) is 5.71. The van der Waals surface area contributed by atoms with Gasteiger partial charge in [-0.25, -0.2) is 23.5 Å². The second-order valence-corrected chi connectivity index (χ2v) is 11.7. The van der Waals surface area contributed by atoms with Gasteiger partial charge in [0.15, 0.2) is 4.60 Å². The molecule has 0 aliphatic rings. The average molecular weight is 728 g/mol. The standard InChI is InChI=1S/C21H19BrN4O3.C13H12N4O3/c22-19-20(27)25(15-29-14-16-6-2-1-3-7-16)21(28)26(23-19)13-12-24-11-10-17-8-4-5-9-18(17)24;18-11-12(19)15-17(13(20)14-11)8-7-16-6-5-9-3-1-2-4-10(9)16/h1-11H,12-15H2;1-6H,7-8H2,(H,15,19)(H,14,18,20). The van der Waals surface area contributed by atoms with Gasteiger partial charge in [0.1, 0.15) is 6.73 Å². The van der Waals surface area contributed by atoms with Gasteiger partial charge >= 0.3 is 22.5 Å². The van der Waals surface area contributed by atoms with Gasteiger partial charge in [0.25, 0.3) is 5.56 Å². The molecule has 0 spiro atoms. The number of aromatic amines is 2. The number of hydrogen-bond acceptors (Lipinski definition) is 7. The van der Waals surface area contributed by atoms with Gasteiger partial charge in [0, 0.05) is 36.5 Å². The number of hydrogen-bond donors (Lipinski definition) is 2. The molecule has 0 atom stereocenters. The van der Waals surface area contributed by atoms with E-state index in [1.165, 1.54) is 4.68 Å². The van der Waals surface area contributed by atoms with E-state index in [4.69, 9.17) is 4.74 Å². The van der Waals surface area contributed by atoms with Crippen molar-refractivity contribution >= 4 is 37.7 Å². The van der Waals surface area contributed by atoms with Crippen molar-refractivity contribution in [2.75, 3.05) is 0 Å². The van der Waals surface area contributed by atoms with E-state index in [1.807, 2.05) is 113 Å². The Kier molecular flexibility index (Phi) is 10.1. The molecule has 0 radical (unpaired) electrons. The monoisotopic (exact) mass is 726 g/mol. The number of ether oxygens (including phenoxy) is 1. The highest BCUT2D eigenvalue weighted by Crippen LogP contribution is 2.16. The van der Waals surface area contributed by atoms with E-state index < -0.39 is 28.1 Å².